The number of nitrogens with zero attached hydrogens (tertiary/aromatic N) is 2. The average Bonchev–Trinajstić information content (AvgIpc) is 2.62. The van der Waals surface area contributed by atoms with Crippen molar-refractivity contribution in [3.8, 4) is 5.75 Å². The predicted octanol–water partition coefficient (Wildman–Crippen LogP) is 2.88. The summed E-state index contributed by atoms with van der Waals surface area (Å²) in [6.45, 7) is 6.65. The summed E-state index contributed by atoms with van der Waals surface area (Å²) < 4.78 is 33.6. The van der Waals surface area contributed by atoms with Crippen molar-refractivity contribution in [2.75, 3.05) is 25.1 Å². The summed E-state index contributed by atoms with van der Waals surface area (Å²) in [5.41, 5.74) is 0.531. The van der Waals surface area contributed by atoms with Gasteiger partial charge < -0.3 is 9.64 Å². The van der Waals surface area contributed by atoms with Crippen molar-refractivity contribution in [1.82, 2.24) is 4.31 Å². The molecule has 1 heterocycles. The van der Waals surface area contributed by atoms with Gasteiger partial charge in [-0.1, -0.05) is 26.7 Å². The lowest BCUT2D eigenvalue weighted by Gasteiger charge is -2.39. The van der Waals surface area contributed by atoms with Crippen LogP contribution in [-0.4, -0.2) is 44.9 Å². The summed E-state index contributed by atoms with van der Waals surface area (Å²) in [5.74, 6) is 1.26. The normalized spacial score (nSPS) is 26.3. The number of fused-ring (bicyclic) bond motifs is 1. The molecule has 1 aromatic carbocycles. The molecule has 0 aromatic heterocycles. The number of benzene rings is 1. The Hall–Kier alpha value is -1.60. The first kappa shape index (κ1) is 19.2. The van der Waals surface area contributed by atoms with Crippen LogP contribution >= 0.6 is 0 Å². The first-order valence-corrected chi connectivity index (χ1v) is 10.7. The van der Waals surface area contributed by atoms with Gasteiger partial charge in [0.25, 0.3) is 0 Å². The summed E-state index contributed by atoms with van der Waals surface area (Å²) in [5, 5.41) is 0. The number of amides is 1. The molecule has 3 atom stereocenters. The van der Waals surface area contributed by atoms with E-state index in [0.29, 0.717) is 36.4 Å². The maximum Gasteiger partial charge on any atom is 0.243 e. The van der Waals surface area contributed by atoms with E-state index in [-0.39, 0.29) is 16.8 Å². The number of carbonyl (C=O) groups excluding carboxylic acids is 1. The average molecular weight is 381 g/mol. The Morgan fingerprint density at radius 2 is 2.00 bits per heavy atom. The van der Waals surface area contributed by atoms with Crippen molar-refractivity contribution in [3.05, 3.63) is 18.2 Å². The van der Waals surface area contributed by atoms with Crippen LogP contribution in [0.15, 0.2) is 23.1 Å². The Morgan fingerprint density at radius 1 is 1.27 bits per heavy atom. The third kappa shape index (κ3) is 3.34. The van der Waals surface area contributed by atoms with Gasteiger partial charge in [-0.25, -0.2) is 8.42 Å². The van der Waals surface area contributed by atoms with E-state index in [1.165, 1.54) is 11.2 Å². The molecule has 0 bridgehead atoms. The standard InChI is InChI=1S/C19H28N2O4S/c1-13-6-5-7-17(14(13)2)20(4)26(23,24)16-8-9-19-18(12-16)21(15(3)22)10-11-25-19/h8-9,12-14,17H,5-7,10-11H2,1-4H3/t13-,14-,17-/m1/s1. The lowest BCUT2D eigenvalue weighted by atomic mass is 9.78. The molecule has 1 aromatic rings. The van der Waals surface area contributed by atoms with Gasteiger partial charge in [0.05, 0.1) is 17.1 Å². The minimum Gasteiger partial charge on any atom is -0.490 e. The smallest absolute Gasteiger partial charge is 0.243 e. The quantitative estimate of drug-likeness (QED) is 0.809. The highest BCUT2D eigenvalue weighted by Gasteiger charge is 2.36. The van der Waals surface area contributed by atoms with Gasteiger partial charge in [0.15, 0.2) is 0 Å². The van der Waals surface area contributed by atoms with E-state index >= 15 is 0 Å². The van der Waals surface area contributed by atoms with Crippen molar-refractivity contribution in [3.63, 3.8) is 0 Å². The van der Waals surface area contributed by atoms with E-state index in [1.54, 1.807) is 30.1 Å². The number of hydrogen-bond acceptors (Lipinski definition) is 4. The number of hydrogen-bond donors (Lipinski definition) is 0. The fourth-order valence-corrected chi connectivity index (χ4v) is 5.58. The van der Waals surface area contributed by atoms with Crippen LogP contribution in [0.4, 0.5) is 5.69 Å². The van der Waals surface area contributed by atoms with Gasteiger partial charge in [-0.05, 0) is 36.5 Å². The molecule has 7 heteroatoms. The molecule has 1 amide bonds. The molecule has 144 valence electrons. The van der Waals surface area contributed by atoms with Crippen LogP contribution in [-0.2, 0) is 14.8 Å². The second-order valence-corrected chi connectivity index (χ2v) is 9.50. The van der Waals surface area contributed by atoms with Gasteiger partial charge in [-0.3, -0.25) is 4.79 Å². The molecule has 6 nitrogen and oxygen atoms in total. The Morgan fingerprint density at radius 3 is 2.69 bits per heavy atom. The number of ether oxygens (including phenoxy) is 1. The lowest BCUT2D eigenvalue weighted by molar-refractivity contribution is -0.116. The third-order valence-corrected chi connectivity index (χ3v) is 7.86. The van der Waals surface area contributed by atoms with E-state index in [1.807, 2.05) is 0 Å². The molecular formula is C19H28N2O4S. The van der Waals surface area contributed by atoms with Crippen LogP contribution in [0.1, 0.15) is 40.0 Å². The first-order valence-electron chi connectivity index (χ1n) is 9.26. The summed E-state index contributed by atoms with van der Waals surface area (Å²) in [6.07, 6.45) is 3.08. The minimum absolute atomic E-state index is 0.0000532. The summed E-state index contributed by atoms with van der Waals surface area (Å²) >= 11 is 0. The van der Waals surface area contributed by atoms with Gasteiger partial charge in [0.1, 0.15) is 12.4 Å². The third-order valence-electron chi connectivity index (χ3n) is 5.98. The molecule has 26 heavy (non-hydrogen) atoms. The Balaban J connectivity index is 1.95. The second-order valence-electron chi connectivity index (χ2n) is 7.50. The van der Waals surface area contributed by atoms with Gasteiger partial charge >= 0.3 is 0 Å². The maximum absolute atomic E-state index is 13.2. The van der Waals surface area contributed by atoms with E-state index in [0.717, 1.165) is 19.3 Å². The number of anilines is 1. The fourth-order valence-electron chi connectivity index (χ4n) is 4.10. The van der Waals surface area contributed by atoms with Crippen molar-refractivity contribution in [2.24, 2.45) is 11.8 Å². The molecule has 0 N–H and O–H groups in total. The molecule has 0 unspecified atom stereocenters. The largest absolute Gasteiger partial charge is 0.490 e. The molecule has 0 radical (unpaired) electrons. The zero-order valence-electron chi connectivity index (χ0n) is 15.9. The van der Waals surface area contributed by atoms with Crippen LogP contribution in [0.2, 0.25) is 0 Å². The summed E-state index contributed by atoms with van der Waals surface area (Å²) in [6, 6.07) is 4.79. The Kier molecular flexibility index (Phi) is 5.30. The predicted molar refractivity (Wildman–Crippen MR) is 101 cm³/mol. The molecule has 2 aliphatic rings. The molecule has 0 spiro atoms. The van der Waals surface area contributed by atoms with E-state index < -0.39 is 10.0 Å². The number of carbonyl (C=O) groups is 1. The van der Waals surface area contributed by atoms with Crippen LogP contribution in [0.25, 0.3) is 0 Å². The minimum atomic E-state index is -3.64. The van der Waals surface area contributed by atoms with Crippen molar-refractivity contribution in [2.45, 2.75) is 51.0 Å². The molecule has 1 aliphatic heterocycles. The van der Waals surface area contributed by atoms with Gasteiger partial charge in [0.2, 0.25) is 15.9 Å². The summed E-state index contributed by atoms with van der Waals surface area (Å²) in [4.78, 5) is 13.7. The SMILES string of the molecule is CC(=O)N1CCOc2ccc(S(=O)(=O)N(C)[C@@H]3CCC[C@@H](C)[C@H]3C)cc21. The van der Waals surface area contributed by atoms with Crippen LogP contribution in [0, 0.1) is 11.8 Å². The van der Waals surface area contributed by atoms with Gasteiger partial charge in [0, 0.05) is 20.0 Å². The van der Waals surface area contributed by atoms with E-state index in [4.69, 9.17) is 4.74 Å². The maximum atomic E-state index is 13.2. The molecular weight excluding hydrogens is 352 g/mol. The zero-order valence-corrected chi connectivity index (χ0v) is 16.8. The molecule has 0 saturated heterocycles. The van der Waals surface area contributed by atoms with Crippen LogP contribution in [0.3, 0.4) is 0 Å². The Labute approximate surface area is 156 Å². The summed E-state index contributed by atoms with van der Waals surface area (Å²) in [7, 11) is -1.96. The monoisotopic (exact) mass is 380 g/mol. The van der Waals surface area contributed by atoms with Gasteiger partial charge in [-0.2, -0.15) is 4.31 Å². The lowest BCUT2D eigenvalue weighted by Crippen LogP contribution is -2.45. The highest BCUT2D eigenvalue weighted by atomic mass is 32.2. The van der Waals surface area contributed by atoms with Crippen LogP contribution < -0.4 is 9.64 Å². The molecule has 1 aliphatic carbocycles. The fraction of sp³-hybridized carbons (Fsp3) is 0.632. The second kappa shape index (κ2) is 7.19. The highest BCUT2D eigenvalue weighted by molar-refractivity contribution is 7.89. The highest BCUT2D eigenvalue weighted by Crippen LogP contribution is 2.37. The number of rotatable bonds is 3. The van der Waals surface area contributed by atoms with E-state index in [2.05, 4.69) is 13.8 Å². The van der Waals surface area contributed by atoms with Crippen LogP contribution in [0.5, 0.6) is 5.75 Å². The zero-order chi connectivity index (χ0) is 19.1. The van der Waals surface area contributed by atoms with Crippen molar-refractivity contribution >= 4 is 21.6 Å². The number of sulfonamides is 1. The first-order chi connectivity index (χ1) is 12.2. The molecule has 3 rings (SSSR count). The molecule has 1 fully saturated rings. The topological polar surface area (TPSA) is 66.9 Å². The Bertz CT molecular complexity index is 793. The molecule has 1 saturated carbocycles. The van der Waals surface area contributed by atoms with Gasteiger partial charge in [-0.15, -0.1) is 0 Å². The van der Waals surface area contributed by atoms with E-state index in [9.17, 15) is 13.2 Å². The van der Waals surface area contributed by atoms with Crippen molar-refractivity contribution < 1.29 is 17.9 Å². The van der Waals surface area contributed by atoms with Crippen molar-refractivity contribution in [1.29, 1.82) is 0 Å².